The third-order valence-electron chi connectivity index (χ3n) is 3.22. The standard InChI is InChI=1S/C16H18N2O3/c1-3-7-12(19)18-14-13(17-4-2)15(20)10-8-5-6-9-11(10)16(14)21/h5-6,8-9,17H,3-4,7H2,1-2H3,(H,18,19). The molecule has 1 aromatic rings. The number of carbonyl (C=O) groups is 3. The first kappa shape index (κ1) is 15.0. The summed E-state index contributed by atoms with van der Waals surface area (Å²) in [4.78, 5) is 36.8. The molecular formula is C16H18N2O3. The highest BCUT2D eigenvalue weighted by atomic mass is 16.2. The van der Waals surface area contributed by atoms with Crippen LogP contribution in [0.1, 0.15) is 47.4 Å². The molecule has 2 rings (SSSR count). The fourth-order valence-electron chi connectivity index (χ4n) is 2.27. The Morgan fingerprint density at radius 2 is 1.57 bits per heavy atom. The van der Waals surface area contributed by atoms with Crippen LogP contribution in [0.3, 0.4) is 0 Å². The third kappa shape index (κ3) is 2.86. The summed E-state index contributed by atoms with van der Waals surface area (Å²) < 4.78 is 0. The van der Waals surface area contributed by atoms with Crippen LogP contribution >= 0.6 is 0 Å². The van der Waals surface area contributed by atoms with Gasteiger partial charge in [0.05, 0.1) is 0 Å². The molecule has 1 aromatic carbocycles. The summed E-state index contributed by atoms with van der Waals surface area (Å²) in [5.74, 6) is -0.854. The number of carbonyl (C=O) groups excluding carboxylic acids is 3. The van der Waals surface area contributed by atoms with Gasteiger partial charge in [-0.3, -0.25) is 14.4 Å². The zero-order chi connectivity index (χ0) is 15.4. The molecule has 0 aromatic heterocycles. The normalized spacial score (nSPS) is 14.0. The number of Topliss-reactive ketones (excluding diaryl/α,β-unsaturated/α-hetero) is 2. The molecule has 5 heteroatoms. The highest BCUT2D eigenvalue weighted by Gasteiger charge is 2.32. The molecule has 1 aliphatic carbocycles. The van der Waals surface area contributed by atoms with E-state index in [0.717, 1.165) is 0 Å². The van der Waals surface area contributed by atoms with E-state index in [4.69, 9.17) is 0 Å². The van der Waals surface area contributed by atoms with Crippen LogP contribution in [0.2, 0.25) is 0 Å². The molecule has 0 spiro atoms. The van der Waals surface area contributed by atoms with Crippen molar-refractivity contribution >= 4 is 17.5 Å². The largest absolute Gasteiger partial charge is 0.380 e. The van der Waals surface area contributed by atoms with Crippen LogP contribution in [0.15, 0.2) is 35.7 Å². The number of allylic oxidation sites excluding steroid dienone is 2. The van der Waals surface area contributed by atoms with Gasteiger partial charge in [0.15, 0.2) is 0 Å². The maximum Gasteiger partial charge on any atom is 0.224 e. The smallest absolute Gasteiger partial charge is 0.224 e. The zero-order valence-electron chi connectivity index (χ0n) is 12.2. The van der Waals surface area contributed by atoms with Gasteiger partial charge in [0.2, 0.25) is 17.5 Å². The molecule has 0 fully saturated rings. The minimum absolute atomic E-state index is 0.0546. The Labute approximate surface area is 123 Å². The van der Waals surface area contributed by atoms with Gasteiger partial charge < -0.3 is 10.6 Å². The Kier molecular flexibility index (Phi) is 4.52. The molecule has 0 aliphatic heterocycles. The van der Waals surface area contributed by atoms with Crippen LogP contribution in [-0.2, 0) is 4.79 Å². The van der Waals surface area contributed by atoms with Crippen LogP contribution < -0.4 is 10.6 Å². The van der Waals surface area contributed by atoms with Gasteiger partial charge in [-0.25, -0.2) is 0 Å². The molecule has 110 valence electrons. The molecular weight excluding hydrogens is 268 g/mol. The van der Waals surface area contributed by atoms with Crippen LogP contribution in [0.4, 0.5) is 0 Å². The molecule has 0 saturated heterocycles. The zero-order valence-corrected chi connectivity index (χ0v) is 12.2. The summed E-state index contributed by atoms with van der Waals surface area (Å²) in [6.45, 7) is 4.20. The minimum Gasteiger partial charge on any atom is -0.380 e. The van der Waals surface area contributed by atoms with E-state index in [-0.39, 0.29) is 28.9 Å². The predicted molar refractivity (Wildman–Crippen MR) is 78.9 cm³/mol. The Hall–Kier alpha value is -2.43. The first-order valence-corrected chi connectivity index (χ1v) is 7.06. The van der Waals surface area contributed by atoms with Crippen molar-refractivity contribution in [3.63, 3.8) is 0 Å². The number of amides is 1. The molecule has 0 radical (unpaired) electrons. The molecule has 0 atom stereocenters. The van der Waals surface area contributed by atoms with Crippen molar-refractivity contribution in [2.24, 2.45) is 0 Å². The van der Waals surface area contributed by atoms with Crippen LogP contribution in [-0.4, -0.2) is 24.0 Å². The molecule has 2 N–H and O–H groups in total. The lowest BCUT2D eigenvalue weighted by Gasteiger charge is -2.21. The van der Waals surface area contributed by atoms with Gasteiger partial charge in [-0.05, 0) is 13.3 Å². The van der Waals surface area contributed by atoms with E-state index in [1.165, 1.54) is 0 Å². The topological polar surface area (TPSA) is 75.3 Å². The van der Waals surface area contributed by atoms with Crippen molar-refractivity contribution in [1.82, 2.24) is 10.6 Å². The second-order valence-electron chi connectivity index (χ2n) is 4.78. The Morgan fingerprint density at radius 1 is 1.00 bits per heavy atom. The van der Waals surface area contributed by atoms with Crippen molar-refractivity contribution in [1.29, 1.82) is 0 Å². The predicted octanol–water partition coefficient (Wildman–Crippen LogP) is 1.80. The molecule has 5 nitrogen and oxygen atoms in total. The number of hydrogen-bond donors (Lipinski definition) is 2. The van der Waals surface area contributed by atoms with Crippen molar-refractivity contribution in [3.05, 3.63) is 46.8 Å². The lowest BCUT2D eigenvalue weighted by atomic mass is 9.90. The van der Waals surface area contributed by atoms with Crippen LogP contribution in [0.25, 0.3) is 0 Å². The Morgan fingerprint density at radius 3 is 2.10 bits per heavy atom. The fourth-order valence-corrected chi connectivity index (χ4v) is 2.27. The monoisotopic (exact) mass is 286 g/mol. The van der Waals surface area contributed by atoms with E-state index in [0.29, 0.717) is 30.5 Å². The highest BCUT2D eigenvalue weighted by molar-refractivity contribution is 6.27. The molecule has 21 heavy (non-hydrogen) atoms. The average Bonchev–Trinajstić information content (AvgIpc) is 2.48. The highest BCUT2D eigenvalue weighted by Crippen LogP contribution is 2.23. The number of rotatable bonds is 5. The van der Waals surface area contributed by atoms with E-state index >= 15 is 0 Å². The van der Waals surface area contributed by atoms with Crippen molar-refractivity contribution in [3.8, 4) is 0 Å². The average molecular weight is 286 g/mol. The van der Waals surface area contributed by atoms with Crippen LogP contribution in [0, 0.1) is 0 Å². The second kappa shape index (κ2) is 6.35. The summed E-state index contributed by atoms with van der Waals surface area (Å²) in [7, 11) is 0. The second-order valence-corrected chi connectivity index (χ2v) is 4.78. The van der Waals surface area contributed by atoms with Gasteiger partial charge in [-0.2, -0.15) is 0 Å². The first-order valence-electron chi connectivity index (χ1n) is 7.06. The van der Waals surface area contributed by atoms with E-state index in [9.17, 15) is 14.4 Å². The van der Waals surface area contributed by atoms with E-state index in [1.54, 1.807) is 24.3 Å². The molecule has 0 saturated carbocycles. The third-order valence-corrected chi connectivity index (χ3v) is 3.22. The quantitative estimate of drug-likeness (QED) is 0.865. The summed E-state index contributed by atoms with van der Waals surface area (Å²) in [6.07, 6.45) is 0.987. The molecule has 1 amide bonds. The minimum atomic E-state index is -0.328. The number of fused-ring (bicyclic) bond motifs is 1. The van der Waals surface area contributed by atoms with E-state index in [2.05, 4.69) is 10.6 Å². The van der Waals surface area contributed by atoms with Gasteiger partial charge >= 0.3 is 0 Å². The Balaban J connectivity index is 2.46. The maximum atomic E-state index is 12.5. The summed E-state index contributed by atoms with van der Waals surface area (Å²) in [5, 5.41) is 5.48. The molecule has 0 bridgehead atoms. The number of nitrogens with one attached hydrogen (secondary N) is 2. The first-order chi connectivity index (χ1) is 10.1. The number of hydrogen-bond acceptors (Lipinski definition) is 4. The summed E-state index contributed by atoms with van der Waals surface area (Å²) >= 11 is 0. The van der Waals surface area contributed by atoms with Crippen LogP contribution in [0.5, 0.6) is 0 Å². The molecule has 1 aliphatic rings. The lowest BCUT2D eigenvalue weighted by molar-refractivity contribution is -0.120. The van der Waals surface area contributed by atoms with Gasteiger partial charge in [-0.15, -0.1) is 0 Å². The van der Waals surface area contributed by atoms with E-state index in [1.807, 2.05) is 13.8 Å². The maximum absolute atomic E-state index is 12.5. The molecule has 0 unspecified atom stereocenters. The summed E-state index contributed by atoms with van der Waals surface area (Å²) in [5.41, 5.74) is 0.924. The van der Waals surface area contributed by atoms with Gasteiger partial charge in [-0.1, -0.05) is 31.2 Å². The van der Waals surface area contributed by atoms with Crippen molar-refractivity contribution in [2.45, 2.75) is 26.7 Å². The van der Waals surface area contributed by atoms with Crippen molar-refractivity contribution in [2.75, 3.05) is 6.54 Å². The fraction of sp³-hybridized carbons (Fsp3) is 0.312. The van der Waals surface area contributed by atoms with Crippen molar-refractivity contribution < 1.29 is 14.4 Å². The number of ketones is 2. The van der Waals surface area contributed by atoms with Gasteiger partial charge in [0, 0.05) is 24.1 Å². The lowest BCUT2D eigenvalue weighted by Crippen LogP contribution is -2.38. The SMILES string of the molecule is CCCC(=O)NC1=C(NCC)C(=O)c2ccccc2C1=O. The van der Waals surface area contributed by atoms with Gasteiger partial charge in [0.25, 0.3) is 0 Å². The molecule has 0 heterocycles. The van der Waals surface area contributed by atoms with E-state index < -0.39 is 0 Å². The Bertz CT molecular complexity index is 632. The van der Waals surface area contributed by atoms with Gasteiger partial charge in [0.1, 0.15) is 11.4 Å². The number of likely N-dealkylation sites (N-methyl/N-ethyl adjacent to an activating group) is 1. The number of benzene rings is 1. The summed E-state index contributed by atoms with van der Waals surface area (Å²) in [6, 6.07) is 6.64.